The minimum atomic E-state index is 0.335. The third-order valence-corrected chi connectivity index (χ3v) is 2.53. The zero-order valence-corrected chi connectivity index (χ0v) is 6.80. The molecule has 0 aromatic heterocycles. The average Bonchev–Trinajstić information content (AvgIpc) is 2.86. The fraction of sp³-hybridized carbons (Fsp3) is 0.400. The lowest BCUT2D eigenvalue weighted by Crippen LogP contribution is -2.10. The zero-order chi connectivity index (χ0) is 7.73. The fourth-order valence-electron chi connectivity index (χ4n) is 1.52. The summed E-state index contributed by atoms with van der Waals surface area (Å²) in [6.45, 7) is 3.38. The van der Waals surface area contributed by atoms with Gasteiger partial charge in [-0.2, -0.15) is 0 Å². The summed E-state index contributed by atoms with van der Waals surface area (Å²) in [5.74, 6) is 0. The van der Waals surface area contributed by atoms with Gasteiger partial charge in [0.15, 0.2) is 0 Å². The zero-order valence-electron chi connectivity index (χ0n) is 6.80. The van der Waals surface area contributed by atoms with Crippen molar-refractivity contribution in [3.63, 3.8) is 0 Å². The molecule has 0 aliphatic carbocycles. The largest absolute Gasteiger partial charge is 0.304 e. The van der Waals surface area contributed by atoms with Gasteiger partial charge in [0.1, 0.15) is 0 Å². The van der Waals surface area contributed by atoms with E-state index in [-0.39, 0.29) is 0 Å². The lowest BCUT2D eigenvalue weighted by molar-refractivity contribution is 0.648. The van der Waals surface area contributed by atoms with E-state index < -0.39 is 0 Å². The molecule has 11 heavy (non-hydrogen) atoms. The highest BCUT2D eigenvalue weighted by molar-refractivity contribution is 5.30. The molecule has 1 aromatic rings. The summed E-state index contributed by atoms with van der Waals surface area (Å²) in [5.41, 5.74) is 1.77. The van der Waals surface area contributed by atoms with Crippen molar-refractivity contribution in [2.24, 2.45) is 0 Å². The van der Waals surface area contributed by atoms with Crippen molar-refractivity contribution in [2.45, 2.75) is 18.9 Å². The summed E-state index contributed by atoms with van der Waals surface area (Å²) in [5, 5.41) is 3.41. The van der Waals surface area contributed by atoms with Gasteiger partial charge in [-0.3, -0.25) is 0 Å². The van der Waals surface area contributed by atoms with Gasteiger partial charge in [0.2, 0.25) is 0 Å². The van der Waals surface area contributed by atoms with Crippen molar-refractivity contribution in [3.05, 3.63) is 35.9 Å². The van der Waals surface area contributed by atoms with Crippen LogP contribution in [-0.2, 0) is 5.54 Å². The molecule has 1 aromatic carbocycles. The minimum Gasteiger partial charge on any atom is -0.304 e. The Hall–Kier alpha value is -0.820. The van der Waals surface area contributed by atoms with E-state index in [1.807, 2.05) is 0 Å². The number of hydrogen-bond donors (Lipinski definition) is 1. The summed E-state index contributed by atoms with van der Waals surface area (Å²) in [7, 11) is 0. The van der Waals surface area contributed by atoms with E-state index in [1.54, 1.807) is 0 Å². The predicted octanol–water partition coefficient (Wildman–Crippen LogP) is 1.90. The van der Waals surface area contributed by atoms with E-state index in [0.717, 1.165) is 6.54 Å². The first-order valence-corrected chi connectivity index (χ1v) is 4.18. The van der Waals surface area contributed by atoms with Gasteiger partial charge < -0.3 is 5.32 Å². The molecule has 1 N–H and O–H groups in total. The molecule has 0 unspecified atom stereocenters. The van der Waals surface area contributed by atoms with Crippen LogP contribution in [0.5, 0.6) is 0 Å². The predicted molar refractivity (Wildman–Crippen MR) is 46.4 cm³/mol. The van der Waals surface area contributed by atoms with Crippen LogP contribution < -0.4 is 5.32 Å². The van der Waals surface area contributed by atoms with Crippen LogP contribution >= 0.6 is 0 Å². The molecule has 1 atom stereocenters. The van der Waals surface area contributed by atoms with E-state index in [1.165, 1.54) is 12.0 Å². The van der Waals surface area contributed by atoms with Crippen LogP contribution in [0.2, 0.25) is 0 Å². The van der Waals surface area contributed by atoms with Gasteiger partial charge in [0, 0.05) is 6.54 Å². The Balaban J connectivity index is 2.30. The van der Waals surface area contributed by atoms with Crippen molar-refractivity contribution >= 4 is 0 Å². The number of nitrogens with one attached hydrogen (secondary N) is 1. The molecular weight excluding hydrogens is 134 g/mol. The third-order valence-electron chi connectivity index (χ3n) is 2.53. The molecule has 1 heteroatoms. The smallest absolute Gasteiger partial charge is 0.0559 e. The van der Waals surface area contributed by atoms with Gasteiger partial charge >= 0.3 is 0 Å². The van der Waals surface area contributed by atoms with Crippen molar-refractivity contribution < 1.29 is 0 Å². The van der Waals surface area contributed by atoms with E-state index in [0.29, 0.717) is 5.54 Å². The maximum atomic E-state index is 3.41. The van der Waals surface area contributed by atoms with Crippen LogP contribution in [0, 0.1) is 0 Å². The Labute approximate surface area is 67.4 Å². The van der Waals surface area contributed by atoms with Crippen molar-refractivity contribution in [1.29, 1.82) is 0 Å². The van der Waals surface area contributed by atoms with E-state index >= 15 is 0 Å². The van der Waals surface area contributed by atoms with Gasteiger partial charge in [-0.05, 0) is 12.0 Å². The summed E-state index contributed by atoms with van der Waals surface area (Å²) < 4.78 is 0. The minimum absolute atomic E-state index is 0.335. The van der Waals surface area contributed by atoms with E-state index in [9.17, 15) is 0 Å². The Morgan fingerprint density at radius 2 is 2.00 bits per heavy atom. The second-order valence-corrected chi connectivity index (χ2v) is 3.16. The van der Waals surface area contributed by atoms with Gasteiger partial charge in [0.05, 0.1) is 5.54 Å². The summed E-state index contributed by atoms with van der Waals surface area (Å²) >= 11 is 0. The quantitative estimate of drug-likeness (QED) is 0.634. The monoisotopic (exact) mass is 147 g/mol. The van der Waals surface area contributed by atoms with Crippen molar-refractivity contribution in [1.82, 2.24) is 5.32 Å². The van der Waals surface area contributed by atoms with Crippen molar-refractivity contribution in [2.75, 3.05) is 6.54 Å². The normalized spacial score (nSPS) is 28.5. The fourth-order valence-corrected chi connectivity index (χ4v) is 1.52. The van der Waals surface area contributed by atoms with Gasteiger partial charge in [-0.1, -0.05) is 37.3 Å². The van der Waals surface area contributed by atoms with Crippen LogP contribution in [0.15, 0.2) is 30.3 Å². The van der Waals surface area contributed by atoms with Gasteiger partial charge in [0.25, 0.3) is 0 Å². The second-order valence-electron chi connectivity index (χ2n) is 3.16. The highest BCUT2D eigenvalue weighted by Crippen LogP contribution is 2.33. The standard InChI is InChI=1S/C10H13N/c1-2-10(8-11-10)9-6-4-3-5-7-9/h3-7,11H,2,8H2,1H3/t10-/m1/s1. The summed E-state index contributed by atoms with van der Waals surface area (Å²) in [4.78, 5) is 0. The molecule has 1 heterocycles. The lowest BCUT2D eigenvalue weighted by Gasteiger charge is -2.09. The molecule has 1 aliphatic rings. The van der Waals surface area contributed by atoms with E-state index in [2.05, 4.69) is 42.6 Å². The summed E-state index contributed by atoms with van der Waals surface area (Å²) in [6.07, 6.45) is 1.19. The maximum absolute atomic E-state index is 3.41. The first-order valence-electron chi connectivity index (χ1n) is 4.18. The Bertz CT molecular complexity index is 236. The molecule has 1 nitrogen and oxygen atoms in total. The molecule has 1 saturated heterocycles. The third kappa shape index (κ3) is 1.05. The van der Waals surface area contributed by atoms with Gasteiger partial charge in [-0.15, -0.1) is 0 Å². The lowest BCUT2D eigenvalue weighted by atomic mass is 9.97. The number of benzene rings is 1. The average molecular weight is 147 g/mol. The Morgan fingerprint density at radius 3 is 2.45 bits per heavy atom. The molecule has 1 fully saturated rings. The van der Waals surface area contributed by atoms with E-state index in [4.69, 9.17) is 0 Å². The Morgan fingerprint density at radius 1 is 1.36 bits per heavy atom. The molecule has 0 amide bonds. The maximum Gasteiger partial charge on any atom is 0.0559 e. The first-order chi connectivity index (χ1) is 5.37. The van der Waals surface area contributed by atoms with Crippen LogP contribution in [0.1, 0.15) is 18.9 Å². The van der Waals surface area contributed by atoms with Crippen LogP contribution in [0.4, 0.5) is 0 Å². The van der Waals surface area contributed by atoms with Crippen molar-refractivity contribution in [3.8, 4) is 0 Å². The first kappa shape index (κ1) is 6.86. The second kappa shape index (κ2) is 2.35. The molecule has 0 saturated carbocycles. The molecule has 58 valence electrons. The molecule has 0 spiro atoms. The Kier molecular flexibility index (Phi) is 1.46. The molecule has 1 aliphatic heterocycles. The highest BCUT2D eigenvalue weighted by Gasteiger charge is 2.41. The molecule has 2 rings (SSSR count). The SMILES string of the molecule is CC[C@]1(c2ccccc2)CN1. The number of rotatable bonds is 2. The van der Waals surface area contributed by atoms with Gasteiger partial charge in [-0.25, -0.2) is 0 Å². The molecular formula is C10H13N. The number of hydrogen-bond acceptors (Lipinski definition) is 1. The molecule has 0 bridgehead atoms. The van der Waals surface area contributed by atoms with Crippen LogP contribution in [0.3, 0.4) is 0 Å². The summed E-state index contributed by atoms with van der Waals surface area (Å²) in [6, 6.07) is 10.7. The topological polar surface area (TPSA) is 21.9 Å². The highest BCUT2D eigenvalue weighted by atomic mass is 15.2. The van der Waals surface area contributed by atoms with Crippen LogP contribution in [-0.4, -0.2) is 6.54 Å². The molecule has 0 radical (unpaired) electrons. The van der Waals surface area contributed by atoms with Crippen LogP contribution in [0.25, 0.3) is 0 Å².